The van der Waals surface area contributed by atoms with Gasteiger partial charge in [0.1, 0.15) is 5.75 Å². The number of fused-ring (bicyclic) bond motifs is 1. The molecule has 102 valence electrons. The summed E-state index contributed by atoms with van der Waals surface area (Å²) in [6, 6.07) is 7.64. The molecule has 1 aliphatic rings. The van der Waals surface area contributed by atoms with Crippen LogP contribution in [0.4, 0.5) is 0 Å². The lowest BCUT2D eigenvalue weighted by atomic mass is 10.0. The number of carboxylic acids is 1. The van der Waals surface area contributed by atoms with Gasteiger partial charge in [-0.15, -0.1) is 0 Å². The Morgan fingerprint density at radius 1 is 1.37 bits per heavy atom. The molecule has 1 aromatic rings. The van der Waals surface area contributed by atoms with E-state index in [1.54, 1.807) is 0 Å². The molecule has 2 rings (SSSR count). The highest BCUT2D eigenvalue weighted by molar-refractivity contribution is 5.77. The Kier molecular flexibility index (Phi) is 4.01. The topological polar surface area (TPSA) is 92.9 Å². The van der Waals surface area contributed by atoms with Gasteiger partial charge < -0.3 is 15.6 Å². The Morgan fingerprint density at radius 2 is 2.11 bits per heavy atom. The van der Waals surface area contributed by atoms with Crippen molar-refractivity contribution in [3.8, 4) is 5.75 Å². The largest absolute Gasteiger partial charge is 0.493 e. The summed E-state index contributed by atoms with van der Waals surface area (Å²) in [6.45, 7) is 0.660. The highest BCUT2D eigenvalue weighted by Gasteiger charge is 2.26. The van der Waals surface area contributed by atoms with Gasteiger partial charge in [-0.25, -0.2) is 0 Å². The molecule has 1 atom stereocenters. The number of aliphatic carboxylic acids is 1. The number of carboxylic acid groups (broad SMARTS) is 1. The van der Waals surface area contributed by atoms with Crippen LogP contribution in [0.3, 0.4) is 0 Å². The number of primary amides is 1. The van der Waals surface area contributed by atoms with Crippen molar-refractivity contribution in [2.24, 2.45) is 5.73 Å². The van der Waals surface area contributed by atoms with Crippen LogP contribution in [0.2, 0.25) is 0 Å². The fourth-order valence-electron chi connectivity index (χ4n) is 2.29. The Balaban J connectivity index is 2.05. The average molecular weight is 264 g/mol. The molecule has 0 fully saturated rings. The summed E-state index contributed by atoms with van der Waals surface area (Å²) < 4.78 is 5.53. The molecule has 0 saturated carbocycles. The first-order valence-electron chi connectivity index (χ1n) is 6.00. The lowest BCUT2D eigenvalue weighted by Crippen LogP contribution is -2.40. The number of benzene rings is 1. The van der Waals surface area contributed by atoms with E-state index in [9.17, 15) is 9.59 Å². The molecular formula is C13H16N2O4. The molecule has 1 unspecified atom stereocenters. The van der Waals surface area contributed by atoms with E-state index < -0.39 is 11.9 Å². The van der Waals surface area contributed by atoms with Crippen LogP contribution in [0.15, 0.2) is 24.3 Å². The molecule has 6 heteroatoms. The van der Waals surface area contributed by atoms with E-state index in [-0.39, 0.29) is 19.0 Å². The maximum Gasteiger partial charge on any atom is 0.317 e. The van der Waals surface area contributed by atoms with Crippen molar-refractivity contribution in [3.05, 3.63) is 29.8 Å². The maximum atomic E-state index is 11.0. The van der Waals surface area contributed by atoms with Crippen LogP contribution < -0.4 is 10.5 Å². The number of amides is 1. The number of rotatable bonds is 6. The van der Waals surface area contributed by atoms with Crippen molar-refractivity contribution in [2.45, 2.75) is 5.92 Å². The number of carbonyl (C=O) groups excluding carboxylic acids is 1. The second kappa shape index (κ2) is 5.71. The van der Waals surface area contributed by atoms with E-state index in [4.69, 9.17) is 15.6 Å². The van der Waals surface area contributed by atoms with Crippen molar-refractivity contribution in [3.63, 3.8) is 0 Å². The highest BCUT2D eigenvalue weighted by Crippen LogP contribution is 2.33. The van der Waals surface area contributed by atoms with Gasteiger partial charge >= 0.3 is 5.97 Å². The molecule has 1 heterocycles. The molecule has 0 aromatic heterocycles. The predicted molar refractivity (Wildman–Crippen MR) is 67.9 cm³/mol. The number of nitrogens with two attached hydrogens (primary N) is 1. The van der Waals surface area contributed by atoms with Gasteiger partial charge in [0, 0.05) is 18.0 Å². The third kappa shape index (κ3) is 3.45. The van der Waals surface area contributed by atoms with Gasteiger partial charge in [-0.2, -0.15) is 0 Å². The van der Waals surface area contributed by atoms with Crippen LogP contribution in [-0.4, -0.2) is 48.1 Å². The lowest BCUT2D eigenvalue weighted by molar-refractivity contribution is -0.138. The molecule has 0 saturated heterocycles. The Labute approximate surface area is 110 Å². The molecule has 19 heavy (non-hydrogen) atoms. The molecular weight excluding hydrogens is 248 g/mol. The zero-order chi connectivity index (χ0) is 13.8. The van der Waals surface area contributed by atoms with E-state index in [1.807, 2.05) is 24.3 Å². The van der Waals surface area contributed by atoms with E-state index >= 15 is 0 Å². The van der Waals surface area contributed by atoms with Crippen LogP contribution in [0.1, 0.15) is 11.5 Å². The first kappa shape index (κ1) is 13.4. The Hall–Kier alpha value is -2.08. The van der Waals surface area contributed by atoms with Crippen LogP contribution in [-0.2, 0) is 9.59 Å². The zero-order valence-corrected chi connectivity index (χ0v) is 10.4. The van der Waals surface area contributed by atoms with E-state index in [0.717, 1.165) is 11.3 Å². The van der Waals surface area contributed by atoms with Gasteiger partial charge in [0.25, 0.3) is 0 Å². The monoisotopic (exact) mass is 264 g/mol. The van der Waals surface area contributed by atoms with Gasteiger partial charge in [-0.05, 0) is 6.07 Å². The maximum absolute atomic E-state index is 11.0. The smallest absolute Gasteiger partial charge is 0.317 e. The highest BCUT2D eigenvalue weighted by atomic mass is 16.5. The lowest BCUT2D eigenvalue weighted by Gasteiger charge is -2.21. The first-order valence-corrected chi connectivity index (χ1v) is 6.00. The predicted octanol–water partition coefficient (Wildman–Crippen LogP) is 0.0345. The van der Waals surface area contributed by atoms with Crippen molar-refractivity contribution in [2.75, 3.05) is 26.2 Å². The van der Waals surface area contributed by atoms with Crippen molar-refractivity contribution < 1.29 is 19.4 Å². The van der Waals surface area contributed by atoms with E-state index in [2.05, 4.69) is 0 Å². The SMILES string of the molecule is NC(=O)CN(CC(=O)O)CC1COc2ccccc21. The summed E-state index contributed by atoms with van der Waals surface area (Å²) in [5.41, 5.74) is 6.18. The number of para-hydroxylation sites is 1. The van der Waals surface area contributed by atoms with E-state index in [1.165, 1.54) is 4.90 Å². The van der Waals surface area contributed by atoms with Gasteiger partial charge in [0.15, 0.2) is 0 Å². The minimum atomic E-state index is -0.978. The molecule has 0 radical (unpaired) electrons. The van der Waals surface area contributed by atoms with Crippen LogP contribution in [0.5, 0.6) is 5.75 Å². The molecule has 1 aromatic carbocycles. The second-order valence-corrected chi connectivity index (χ2v) is 4.58. The number of hydrogen-bond donors (Lipinski definition) is 2. The molecule has 3 N–H and O–H groups in total. The van der Waals surface area contributed by atoms with Crippen molar-refractivity contribution in [1.82, 2.24) is 4.90 Å². The summed E-state index contributed by atoms with van der Waals surface area (Å²) in [4.78, 5) is 23.3. The van der Waals surface area contributed by atoms with Crippen LogP contribution in [0, 0.1) is 0 Å². The summed E-state index contributed by atoms with van der Waals surface area (Å²) in [5, 5.41) is 8.84. The number of hydrogen-bond acceptors (Lipinski definition) is 4. The van der Waals surface area contributed by atoms with Crippen LogP contribution in [0.25, 0.3) is 0 Å². The number of ether oxygens (including phenoxy) is 1. The van der Waals surface area contributed by atoms with Crippen molar-refractivity contribution >= 4 is 11.9 Å². The van der Waals surface area contributed by atoms with Crippen LogP contribution >= 0.6 is 0 Å². The molecule has 0 bridgehead atoms. The molecule has 0 spiro atoms. The molecule has 1 aliphatic heterocycles. The van der Waals surface area contributed by atoms with E-state index in [0.29, 0.717) is 13.2 Å². The summed E-state index contributed by atoms with van der Waals surface area (Å²) in [6.07, 6.45) is 0. The van der Waals surface area contributed by atoms with Gasteiger partial charge in [-0.1, -0.05) is 18.2 Å². The number of carbonyl (C=O) groups is 2. The third-order valence-corrected chi connectivity index (χ3v) is 3.02. The fraction of sp³-hybridized carbons (Fsp3) is 0.385. The van der Waals surface area contributed by atoms with Gasteiger partial charge in [-0.3, -0.25) is 14.5 Å². The molecule has 1 amide bonds. The van der Waals surface area contributed by atoms with Crippen molar-refractivity contribution in [1.29, 1.82) is 0 Å². The zero-order valence-electron chi connectivity index (χ0n) is 10.4. The minimum absolute atomic E-state index is 0.0645. The third-order valence-electron chi connectivity index (χ3n) is 3.02. The van der Waals surface area contributed by atoms with Gasteiger partial charge in [0.05, 0.1) is 19.7 Å². The normalized spacial score (nSPS) is 17.0. The Bertz CT molecular complexity index is 473. The second-order valence-electron chi connectivity index (χ2n) is 4.58. The first-order chi connectivity index (χ1) is 9.06. The Morgan fingerprint density at radius 3 is 2.79 bits per heavy atom. The molecule has 0 aliphatic carbocycles. The molecule has 6 nitrogen and oxygen atoms in total. The summed E-state index contributed by atoms with van der Waals surface area (Å²) in [7, 11) is 0. The minimum Gasteiger partial charge on any atom is -0.493 e. The summed E-state index contributed by atoms with van der Waals surface area (Å²) >= 11 is 0. The summed E-state index contributed by atoms with van der Waals surface area (Å²) in [5.74, 6) is -0.626. The fourth-order valence-corrected chi connectivity index (χ4v) is 2.29. The quantitative estimate of drug-likeness (QED) is 0.756. The average Bonchev–Trinajstić information content (AvgIpc) is 2.71. The number of nitrogens with zero attached hydrogens (tertiary/aromatic N) is 1. The van der Waals surface area contributed by atoms with Gasteiger partial charge in [0.2, 0.25) is 5.91 Å². The standard InChI is InChI=1S/C13H16N2O4/c14-12(16)6-15(7-13(17)18)5-9-8-19-11-4-2-1-3-10(9)11/h1-4,9H,5-8H2,(H2,14,16)(H,17,18).